The Morgan fingerprint density at radius 3 is 2.49 bits per heavy atom. The van der Waals surface area contributed by atoms with Crippen LogP contribution in [0.4, 0.5) is 13.2 Å². The number of hydrogen-bond acceptors (Lipinski definition) is 4. The number of ether oxygens (including phenoxy) is 1. The van der Waals surface area contributed by atoms with Crippen molar-refractivity contribution in [3.63, 3.8) is 0 Å². The van der Waals surface area contributed by atoms with Crippen LogP contribution in [0.5, 0.6) is 5.75 Å². The zero-order valence-corrected chi connectivity index (χ0v) is 20.9. The summed E-state index contributed by atoms with van der Waals surface area (Å²) in [4.78, 5) is 20.2. The molecule has 8 heteroatoms. The number of rotatable bonds is 4. The summed E-state index contributed by atoms with van der Waals surface area (Å²) in [5, 5.41) is 0. The highest BCUT2D eigenvalue weighted by Crippen LogP contribution is 2.37. The molecule has 35 heavy (non-hydrogen) atoms. The number of hydrogen-bond donors (Lipinski definition) is 0. The summed E-state index contributed by atoms with van der Waals surface area (Å²) in [5.74, 6) is -0.00287. The Hall–Kier alpha value is -2.48. The van der Waals surface area contributed by atoms with Crippen LogP contribution in [0.1, 0.15) is 52.0 Å². The molecular formula is C27H36F3N3O2. The molecular weight excluding hydrogens is 455 g/mol. The number of allylic oxidation sites excluding steroid dienone is 3. The van der Waals surface area contributed by atoms with Gasteiger partial charge < -0.3 is 14.5 Å². The minimum atomic E-state index is -4.71. The van der Waals surface area contributed by atoms with Crippen LogP contribution in [-0.2, 0) is 11.3 Å². The van der Waals surface area contributed by atoms with Gasteiger partial charge in [0, 0.05) is 56.0 Å². The number of likely N-dealkylation sites (tertiary alicyclic amines) is 1. The largest absolute Gasteiger partial charge is 0.573 e. The molecule has 0 saturated carbocycles. The number of halogens is 3. The molecule has 4 aliphatic rings. The van der Waals surface area contributed by atoms with Gasteiger partial charge in [-0.05, 0) is 68.5 Å². The fraction of sp³-hybridized carbons (Fsp3) is 0.593. The van der Waals surface area contributed by atoms with Gasteiger partial charge in [0.15, 0.2) is 0 Å². The van der Waals surface area contributed by atoms with Crippen LogP contribution in [0, 0.1) is 5.92 Å². The van der Waals surface area contributed by atoms with Crippen molar-refractivity contribution >= 4 is 5.91 Å². The van der Waals surface area contributed by atoms with Crippen LogP contribution in [-0.4, -0.2) is 65.7 Å². The molecule has 0 spiro atoms. The lowest BCUT2D eigenvalue weighted by Gasteiger charge is -2.40. The van der Waals surface area contributed by atoms with Crippen molar-refractivity contribution in [3.05, 3.63) is 52.7 Å². The van der Waals surface area contributed by atoms with Crippen LogP contribution in [0.25, 0.3) is 0 Å². The Morgan fingerprint density at radius 2 is 1.77 bits per heavy atom. The molecule has 2 atom stereocenters. The second-order valence-electron chi connectivity index (χ2n) is 9.62. The van der Waals surface area contributed by atoms with E-state index in [9.17, 15) is 18.0 Å². The number of nitrogens with zero attached hydrogens (tertiary/aromatic N) is 3. The Balaban J connectivity index is 0.00000141. The van der Waals surface area contributed by atoms with Crippen molar-refractivity contribution in [2.45, 2.75) is 65.4 Å². The van der Waals surface area contributed by atoms with Crippen molar-refractivity contribution in [3.8, 4) is 5.75 Å². The minimum absolute atomic E-state index is 0.0474. The highest BCUT2D eigenvalue weighted by Gasteiger charge is 2.38. The van der Waals surface area contributed by atoms with E-state index in [2.05, 4.69) is 20.6 Å². The maximum Gasteiger partial charge on any atom is 0.573 e. The van der Waals surface area contributed by atoms with Crippen LogP contribution in [0.2, 0.25) is 0 Å². The average Bonchev–Trinajstić information content (AvgIpc) is 3.37. The molecule has 2 unspecified atom stereocenters. The predicted octanol–water partition coefficient (Wildman–Crippen LogP) is 5.34. The maximum absolute atomic E-state index is 13.2. The maximum atomic E-state index is 13.2. The number of piperazine rings is 1. The highest BCUT2D eigenvalue weighted by atomic mass is 19.4. The smallest absolute Gasteiger partial charge is 0.406 e. The van der Waals surface area contributed by atoms with Gasteiger partial charge in [-0.1, -0.05) is 26.0 Å². The Bertz CT molecular complexity index is 971. The summed E-state index contributed by atoms with van der Waals surface area (Å²) in [6.07, 6.45) is 2.02. The van der Waals surface area contributed by atoms with Gasteiger partial charge in [0.05, 0.1) is 0 Å². The normalized spacial score (nSPS) is 25.0. The molecule has 1 aromatic rings. The second-order valence-corrected chi connectivity index (χ2v) is 9.62. The molecule has 0 aromatic heterocycles. The SMILES string of the molecule is CC.CC1=C2C(=O)N(Cc3ccc(OC(F)(F)F)cc3)CC2CCC(N2CCN3CCCC3C2)=C1. The van der Waals surface area contributed by atoms with E-state index in [1.54, 1.807) is 12.1 Å². The van der Waals surface area contributed by atoms with Crippen LogP contribution < -0.4 is 4.74 Å². The first-order chi connectivity index (χ1) is 16.8. The molecule has 1 aromatic carbocycles. The number of carbonyl (C=O) groups excluding carboxylic acids is 1. The second kappa shape index (κ2) is 10.6. The first-order valence-electron chi connectivity index (χ1n) is 12.8. The summed E-state index contributed by atoms with van der Waals surface area (Å²) < 4.78 is 41.1. The molecule has 1 amide bonds. The first kappa shape index (κ1) is 25.6. The van der Waals surface area contributed by atoms with E-state index < -0.39 is 6.36 Å². The minimum Gasteiger partial charge on any atom is -0.406 e. The van der Waals surface area contributed by atoms with E-state index in [0.29, 0.717) is 19.1 Å². The predicted molar refractivity (Wildman–Crippen MR) is 130 cm³/mol. The molecule has 0 N–H and O–H groups in total. The standard InChI is InChI=1S/C25H30F3N3O2.C2H6/c1-17-13-20(30-12-11-29-10-2-3-21(29)16-30)7-6-19-15-31(24(32)23(17)19)14-18-4-8-22(9-5-18)33-25(26,27)28;1-2/h4-5,8-9,13,19,21H,2-3,6-7,10-12,14-16H2,1H3;1-2H3. The third-order valence-electron chi connectivity index (χ3n) is 7.45. The molecule has 3 heterocycles. The van der Waals surface area contributed by atoms with Crippen molar-refractivity contribution in [1.29, 1.82) is 0 Å². The van der Waals surface area contributed by atoms with Gasteiger partial charge in [-0.3, -0.25) is 9.69 Å². The summed E-state index contributed by atoms with van der Waals surface area (Å²) in [7, 11) is 0. The summed E-state index contributed by atoms with van der Waals surface area (Å²) in [6.45, 7) is 11.6. The van der Waals surface area contributed by atoms with Crippen molar-refractivity contribution in [1.82, 2.24) is 14.7 Å². The number of benzene rings is 1. The molecule has 0 bridgehead atoms. The molecule has 3 aliphatic heterocycles. The summed E-state index contributed by atoms with van der Waals surface area (Å²) in [6, 6.07) is 6.44. The zero-order valence-electron chi connectivity index (χ0n) is 20.9. The third kappa shape index (κ3) is 5.85. The fourth-order valence-corrected chi connectivity index (χ4v) is 5.89. The van der Waals surface area contributed by atoms with Crippen LogP contribution in [0.3, 0.4) is 0 Å². The van der Waals surface area contributed by atoms with Gasteiger partial charge in [-0.2, -0.15) is 0 Å². The molecule has 0 radical (unpaired) electrons. The Labute approximate surface area is 206 Å². The lowest BCUT2D eigenvalue weighted by molar-refractivity contribution is -0.274. The van der Waals surface area contributed by atoms with Gasteiger partial charge in [0.2, 0.25) is 0 Å². The lowest BCUT2D eigenvalue weighted by atomic mass is 9.95. The van der Waals surface area contributed by atoms with Crippen molar-refractivity contribution < 1.29 is 22.7 Å². The van der Waals surface area contributed by atoms with E-state index in [1.165, 1.54) is 37.2 Å². The Kier molecular flexibility index (Phi) is 7.79. The molecule has 1 aliphatic carbocycles. The van der Waals surface area contributed by atoms with Crippen molar-refractivity contribution in [2.75, 3.05) is 32.7 Å². The first-order valence-corrected chi connectivity index (χ1v) is 12.8. The number of amides is 1. The zero-order chi connectivity index (χ0) is 25.2. The van der Waals surface area contributed by atoms with Gasteiger partial charge in [0.1, 0.15) is 5.75 Å². The molecule has 5 rings (SSSR count). The third-order valence-corrected chi connectivity index (χ3v) is 7.45. The van der Waals surface area contributed by atoms with Gasteiger partial charge in [0.25, 0.3) is 5.91 Å². The monoisotopic (exact) mass is 491 g/mol. The molecule has 5 nitrogen and oxygen atoms in total. The van der Waals surface area contributed by atoms with E-state index in [-0.39, 0.29) is 17.6 Å². The molecule has 192 valence electrons. The quantitative estimate of drug-likeness (QED) is 0.569. The van der Waals surface area contributed by atoms with Gasteiger partial charge >= 0.3 is 6.36 Å². The molecule has 3 saturated heterocycles. The Morgan fingerprint density at radius 1 is 1.03 bits per heavy atom. The number of alkyl halides is 3. The van der Waals surface area contributed by atoms with Crippen LogP contribution in [0.15, 0.2) is 47.2 Å². The summed E-state index contributed by atoms with van der Waals surface area (Å²) in [5.41, 5.74) is 4.11. The molecule has 3 fully saturated rings. The van der Waals surface area contributed by atoms with Crippen molar-refractivity contribution in [2.24, 2.45) is 5.92 Å². The number of fused-ring (bicyclic) bond motifs is 2. The van der Waals surface area contributed by atoms with Crippen LogP contribution >= 0.6 is 0 Å². The topological polar surface area (TPSA) is 36.0 Å². The van der Waals surface area contributed by atoms with E-state index in [1.807, 2.05) is 25.7 Å². The number of carbonyl (C=O) groups is 1. The van der Waals surface area contributed by atoms with E-state index >= 15 is 0 Å². The van der Waals surface area contributed by atoms with E-state index in [4.69, 9.17) is 0 Å². The lowest BCUT2D eigenvalue weighted by Crippen LogP contribution is -2.49. The highest BCUT2D eigenvalue weighted by molar-refractivity contribution is 5.97. The van der Waals surface area contributed by atoms with Gasteiger partial charge in [-0.25, -0.2) is 0 Å². The summed E-state index contributed by atoms with van der Waals surface area (Å²) >= 11 is 0. The van der Waals surface area contributed by atoms with E-state index in [0.717, 1.165) is 49.2 Å². The fourth-order valence-electron chi connectivity index (χ4n) is 5.89. The average molecular weight is 492 g/mol. The van der Waals surface area contributed by atoms with Gasteiger partial charge in [-0.15, -0.1) is 13.2 Å².